The first kappa shape index (κ1) is 18.6. The Bertz CT molecular complexity index is 684. The molecule has 1 aliphatic carbocycles. The Morgan fingerprint density at radius 2 is 1.88 bits per heavy atom. The lowest BCUT2D eigenvalue weighted by atomic mass is 9.97. The molecule has 1 aromatic rings. The Hall–Kier alpha value is -1.73. The molecule has 0 bridgehead atoms. The summed E-state index contributed by atoms with van der Waals surface area (Å²) in [4.78, 5) is 11.7. The number of allylic oxidation sites excluding steroid dienone is 1. The number of amides is 1. The van der Waals surface area contributed by atoms with Gasteiger partial charge >= 0.3 is 0 Å². The molecule has 132 valence electrons. The van der Waals surface area contributed by atoms with Crippen LogP contribution in [-0.2, 0) is 14.8 Å². The molecule has 7 heteroatoms. The summed E-state index contributed by atoms with van der Waals surface area (Å²) >= 11 is 0. The lowest BCUT2D eigenvalue weighted by molar-refractivity contribution is -0.120. The van der Waals surface area contributed by atoms with Crippen molar-refractivity contribution in [1.82, 2.24) is 10.0 Å². The van der Waals surface area contributed by atoms with Crippen LogP contribution in [0.2, 0.25) is 0 Å². The van der Waals surface area contributed by atoms with Crippen LogP contribution in [0, 0.1) is 5.82 Å². The van der Waals surface area contributed by atoms with E-state index in [0.29, 0.717) is 6.54 Å². The molecule has 0 fully saturated rings. The monoisotopic (exact) mass is 354 g/mol. The Balaban J connectivity index is 1.68. The van der Waals surface area contributed by atoms with Crippen molar-refractivity contribution in [3.63, 3.8) is 0 Å². The van der Waals surface area contributed by atoms with Crippen LogP contribution in [0.1, 0.15) is 38.5 Å². The number of nitrogens with one attached hydrogen (secondary N) is 2. The van der Waals surface area contributed by atoms with Gasteiger partial charge in [-0.2, -0.15) is 0 Å². The SMILES string of the molecule is O=C(CCNS(=O)(=O)c1ccc(F)cc1)NCCC1=CCCCC1. The van der Waals surface area contributed by atoms with Gasteiger partial charge in [-0.3, -0.25) is 4.79 Å². The fourth-order valence-corrected chi connectivity index (χ4v) is 3.61. The third kappa shape index (κ3) is 6.05. The van der Waals surface area contributed by atoms with E-state index >= 15 is 0 Å². The normalized spacial score (nSPS) is 15.0. The Morgan fingerprint density at radius 3 is 2.54 bits per heavy atom. The first-order valence-corrected chi connectivity index (χ1v) is 9.65. The predicted octanol–water partition coefficient (Wildman–Crippen LogP) is 2.50. The molecule has 5 nitrogen and oxygen atoms in total. The molecule has 0 saturated heterocycles. The van der Waals surface area contributed by atoms with Crippen molar-refractivity contribution in [3.8, 4) is 0 Å². The number of carbonyl (C=O) groups excluding carboxylic acids is 1. The fourth-order valence-electron chi connectivity index (χ4n) is 2.58. The second-order valence-electron chi connectivity index (χ2n) is 5.81. The van der Waals surface area contributed by atoms with Crippen molar-refractivity contribution in [1.29, 1.82) is 0 Å². The largest absolute Gasteiger partial charge is 0.356 e. The summed E-state index contributed by atoms with van der Waals surface area (Å²) in [5.41, 5.74) is 1.39. The average molecular weight is 354 g/mol. The molecular weight excluding hydrogens is 331 g/mol. The maximum Gasteiger partial charge on any atom is 0.240 e. The van der Waals surface area contributed by atoms with Gasteiger partial charge in [0.1, 0.15) is 5.82 Å². The summed E-state index contributed by atoms with van der Waals surface area (Å²) in [6.07, 6.45) is 7.84. The highest BCUT2D eigenvalue weighted by Crippen LogP contribution is 2.19. The number of halogens is 1. The Kier molecular flexibility index (Phi) is 6.93. The van der Waals surface area contributed by atoms with Crippen LogP contribution < -0.4 is 10.0 Å². The maximum atomic E-state index is 12.8. The van der Waals surface area contributed by atoms with Crippen molar-refractivity contribution in [3.05, 3.63) is 41.7 Å². The molecule has 1 aromatic carbocycles. The first-order chi connectivity index (χ1) is 11.5. The number of hydrogen-bond donors (Lipinski definition) is 2. The number of hydrogen-bond acceptors (Lipinski definition) is 3. The predicted molar refractivity (Wildman–Crippen MR) is 90.4 cm³/mol. The van der Waals surface area contributed by atoms with E-state index in [0.717, 1.165) is 31.4 Å². The van der Waals surface area contributed by atoms with Gasteiger partial charge in [-0.25, -0.2) is 17.5 Å². The number of rotatable bonds is 8. The van der Waals surface area contributed by atoms with Crippen molar-refractivity contribution in [2.24, 2.45) is 0 Å². The van der Waals surface area contributed by atoms with Crippen molar-refractivity contribution < 1.29 is 17.6 Å². The zero-order valence-corrected chi connectivity index (χ0v) is 14.4. The van der Waals surface area contributed by atoms with Crippen molar-refractivity contribution in [2.75, 3.05) is 13.1 Å². The van der Waals surface area contributed by atoms with E-state index in [1.54, 1.807) is 0 Å². The van der Waals surface area contributed by atoms with Crippen LogP contribution >= 0.6 is 0 Å². The molecule has 24 heavy (non-hydrogen) atoms. The minimum atomic E-state index is -3.72. The van der Waals surface area contributed by atoms with Gasteiger partial charge in [-0.05, 0) is 56.4 Å². The van der Waals surface area contributed by atoms with Crippen LogP contribution in [0.5, 0.6) is 0 Å². The Morgan fingerprint density at radius 1 is 1.12 bits per heavy atom. The van der Waals surface area contributed by atoms with E-state index in [-0.39, 0.29) is 23.8 Å². The molecule has 2 rings (SSSR count). The molecule has 0 heterocycles. The van der Waals surface area contributed by atoms with Gasteiger partial charge in [-0.1, -0.05) is 11.6 Å². The standard InChI is InChI=1S/C17H23FN2O3S/c18-15-6-8-16(9-7-15)24(22,23)20-13-11-17(21)19-12-10-14-4-2-1-3-5-14/h4,6-9,20H,1-3,5,10-13H2,(H,19,21). The molecule has 0 aliphatic heterocycles. The third-order valence-corrected chi connectivity index (χ3v) is 5.40. The van der Waals surface area contributed by atoms with E-state index in [4.69, 9.17) is 0 Å². The topological polar surface area (TPSA) is 75.3 Å². The van der Waals surface area contributed by atoms with Crippen molar-refractivity contribution >= 4 is 15.9 Å². The molecule has 0 atom stereocenters. The zero-order chi connectivity index (χ0) is 17.4. The van der Waals surface area contributed by atoms with Gasteiger partial charge in [0.15, 0.2) is 0 Å². The highest BCUT2D eigenvalue weighted by atomic mass is 32.2. The molecule has 1 aliphatic rings. The minimum Gasteiger partial charge on any atom is -0.356 e. The third-order valence-electron chi connectivity index (χ3n) is 3.92. The summed E-state index contributed by atoms with van der Waals surface area (Å²) in [5, 5.41) is 2.80. The van der Waals surface area contributed by atoms with Gasteiger partial charge in [0.25, 0.3) is 0 Å². The number of benzene rings is 1. The summed E-state index contributed by atoms with van der Waals surface area (Å²) in [6, 6.07) is 4.55. The highest BCUT2D eigenvalue weighted by molar-refractivity contribution is 7.89. The van der Waals surface area contributed by atoms with E-state index in [9.17, 15) is 17.6 Å². The van der Waals surface area contributed by atoms with Crippen molar-refractivity contribution in [2.45, 2.75) is 43.4 Å². The molecule has 0 unspecified atom stereocenters. The molecular formula is C17H23FN2O3S. The van der Waals surface area contributed by atoms with Gasteiger partial charge in [0.2, 0.25) is 15.9 Å². The summed E-state index contributed by atoms with van der Waals surface area (Å²) in [7, 11) is -3.72. The first-order valence-electron chi connectivity index (χ1n) is 8.17. The molecule has 0 radical (unpaired) electrons. The van der Waals surface area contributed by atoms with Gasteiger partial charge in [-0.15, -0.1) is 0 Å². The average Bonchev–Trinajstić information content (AvgIpc) is 2.56. The fraction of sp³-hybridized carbons (Fsp3) is 0.471. The second kappa shape index (κ2) is 8.94. The van der Waals surface area contributed by atoms with Gasteiger partial charge in [0.05, 0.1) is 4.90 Å². The second-order valence-corrected chi connectivity index (χ2v) is 7.58. The molecule has 2 N–H and O–H groups in total. The summed E-state index contributed by atoms with van der Waals surface area (Å²) in [5.74, 6) is -0.686. The highest BCUT2D eigenvalue weighted by Gasteiger charge is 2.14. The van der Waals surface area contributed by atoms with Gasteiger partial charge in [0, 0.05) is 19.5 Å². The van der Waals surface area contributed by atoms with E-state index in [1.165, 1.54) is 30.5 Å². The summed E-state index contributed by atoms with van der Waals surface area (Å²) in [6.45, 7) is 0.587. The molecule has 1 amide bonds. The van der Waals surface area contributed by atoms with E-state index in [2.05, 4.69) is 16.1 Å². The van der Waals surface area contributed by atoms with Crippen LogP contribution in [-0.4, -0.2) is 27.4 Å². The smallest absolute Gasteiger partial charge is 0.240 e. The van der Waals surface area contributed by atoms with Crippen LogP contribution in [0.15, 0.2) is 40.8 Å². The maximum absolute atomic E-state index is 12.8. The quantitative estimate of drug-likeness (QED) is 0.704. The number of sulfonamides is 1. The van der Waals surface area contributed by atoms with Crippen LogP contribution in [0.4, 0.5) is 4.39 Å². The molecule has 0 aromatic heterocycles. The molecule has 0 saturated carbocycles. The number of carbonyl (C=O) groups is 1. The zero-order valence-electron chi connectivity index (χ0n) is 13.6. The van der Waals surface area contributed by atoms with Gasteiger partial charge < -0.3 is 5.32 Å². The van der Waals surface area contributed by atoms with Crippen LogP contribution in [0.3, 0.4) is 0 Å². The lowest BCUT2D eigenvalue weighted by Gasteiger charge is -2.13. The van der Waals surface area contributed by atoms with Crippen LogP contribution in [0.25, 0.3) is 0 Å². The van der Waals surface area contributed by atoms with E-state index in [1.807, 2.05) is 0 Å². The Labute approximate surface area is 142 Å². The summed E-state index contributed by atoms with van der Waals surface area (Å²) < 4.78 is 39.1. The lowest BCUT2D eigenvalue weighted by Crippen LogP contribution is -2.31. The minimum absolute atomic E-state index is 0.00817. The van der Waals surface area contributed by atoms with E-state index < -0.39 is 15.8 Å². The molecule has 0 spiro atoms.